The van der Waals surface area contributed by atoms with Crippen molar-refractivity contribution in [3.63, 3.8) is 0 Å². The summed E-state index contributed by atoms with van der Waals surface area (Å²) in [6.07, 6.45) is 0. The van der Waals surface area contributed by atoms with E-state index in [1.807, 2.05) is 0 Å². The summed E-state index contributed by atoms with van der Waals surface area (Å²) in [5, 5.41) is 0. The van der Waals surface area contributed by atoms with Crippen molar-refractivity contribution in [1.82, 2.24) is 0 Å². The average molecular weight is 248 g/mol. The fourth-order valence-corrected chi connectivity index (χ4v) is 15.0. The molecule has 0 rings (SSSR count). The summed E-state index contributed by atoms with van der Waals surface area (Å²) in [7, 11) is 11.7. The first-order valence-electron chi connectivity index (χ1n) is 2.75. The fourth-order valence-electron chi connectivity index (χ4n) is 0.517. The van der Waals surface area contributed by atoms with Crippen LogP contribution in [-0.2, 0) is 18.0 Å². The van der Waals surface area contributed by atoms with Crippen LogP contribution >= 0.6 is 17.0 Å². The Hall–Kier alpha value is 1.68. The van der Waals surface area contributed by atoms with E-state index in [0.29, 0.717) is 0 Å². The molecule has 0 N–H and O–H groups in total. The molecule has 0 aliphatic rings. The van der Waals surface area contributed by atoms with E-state index in [1.165, 1.54) is 12.1 Å². The summed E-state index contributed by atoms with van der Waals surface area (Å²) in [5.74, 6) is 0. The van der Waals surface area contributed by atoms with Crippen LogP contribution in [0.1, 0.15) is 13.8 Å². The van der Waals surface area contributed by atoms with Crippen LogP contribution in [0.25, 0.3) is 0 Å². The van der Waals surface area contributed by atoms with Crippen LogP contribution in [0.3, 0.4) is 0 Å². The van der Waals surface area contributed by atoms with Crippen LogP contribution in [0.15, 0.2) is 0 Å². The van der Waals surface area contributed by atoms with Gasteiger partial charge in [-0.2, -0.15) is 0 Å². The molecule has 0 nitrogen and oxygen atoms in total. The van der Waals surface area contributed by atoms with Crippen molar-refractivity contribution in [2.75, 3.05) is 0 Å². The second-order valence-corrected chi connectivity index (χ2v) is 23.0. The van der Waals surface area contributed by atoms with Crippen molar-refractivity contribution in [3.05, 3.63) is 0 Å². The third-order valence-corrected chi connectivity index (χ3v) is 22.0. The van der Waals surface area contributed by atoms with Gasteiger partial charge in [0.15, 0.2) is 0 Å². The standard InChI is InChI=1S/C4H10Si.2ClH.Zr/c1-3-5-4-2;;;/h3-4H2,1-2H3;2*1H;/q;;;+2/p-2. The van der Waals surface area contributed by atoms with Crippen molar-refractivity contribution < 1.29 is 18.0 Å². The Balaban J connectivity index is 3.86. The van der Waals surface area contributed by atoms with E-state index in [9.17, 15) is 0 Å². The van der Waals surface area contributed by atoms with E-state index in [2.05, 4.69) is 13.8 Å². The zero-order valence-corrected chi connectivity index (χ0v) is 10.1. The maximum absolute atomic E-state index is 5.85. The summed E-state index contributed by atoms with van der Waals surface area (Å²) >= 11 is -1.72. The number of rotatable bonds is 2. The molecule has 0 radical (unpaired) electrons. The quantitative estimate of drug-likeness (QED) is 0.659. The molecule has 48 valence electrons. The Morgan fingerprint density at radius 3 is 1.62 bits per heavy atom. The SMILES string of the molecule is CC[Si](CC)=[Zr]([Cl])[Cl]. The minimum atomic E-state index is -1.72. The number of hydrogen-bond donors (Lipinski definition) is 0. The second-order valence-electron chi connectivity index (χ2n) is 1.57. The van der Waals surface area contributed by atoms with Gasteiger partial charge in [-0.1, -0.05) is 0 Å². The minimum absolute atomic E-state index is 0.213. The van der Waals surface area contributed by atoms with Gasteiger partial charge in [-0.05, 0) is 0 Å². The van der Waals surface area contributed by atoms with E-state index in [0.717, 1.165) is 0 Å². The topological polar surface area (TPSA) is 0 Å². The third-order valence-electron chi connectivity index (χ3n) is 1.12. The summed E-state index contributed by atoms with van der Waals surface area (Å²) in [5.41, 5.74) is -0.213. The van der Waals surface area contributed by atoms with Crippen LogP contribution in [0, 0.1) is 0 Å². The Labute approximate surface area is 65.9 Å². The molecule has 0 bridgehead atoms. The third kappa shape index (κ3) is 3.66. The van der Waals surface area contributed by atoms with Crippen molar-refractivity contribution in [1.29, 1.82) is 0 Å². The van der Waals surface area contributed by atoms with E-state index >= 15 is 0 Å². The van der Waals surface area contributed by atoms with Gasteiger partial charge in [-0.25, -0.2) is 0 Å². The van der Waals surface area contributed by atoms with Crippen molar-refractivity contribution in [2.24, 2.45) is 0 Å². The predicted octanol–water partition coefficient (Wildman–Crippen LogP) is 2.94. The van der Waals surface area contributed by atoms with Crippen LogP contribution in [0.5, 0.6) is 0 Å². The van der Waals surface area contributed by atoms with Gasteiger partial charge >= 0.3 is 66.4 Å². The van der Waals surface area contributed by atoms with Crippen LogP contribution in [-0.4, -0.2) is 5.43 Å². The molecule has 0 aliphatic heterocycles. The number of hydrogen-bond acceptors (Lipinski definition) is 0. The van der Waals surface area contributed by atoms with Gasteiger partial charge in [0.05, 0.1) is 0 Å². The Bertz CT molecular complexity index is 92.2. The molecule has 0 fully saturated rings. The van der Waals surface area contributed by atoms with Gasteiger partial charge in [-0.3, -0.25) is 0 Å². The molecule has 0 aliphatic carbocycles. The zero-order chi connectivity index (χ0) is 6.57. The monoisotopic (exact) mass is 246 g/mol. The maximum atomic E-state index is 5.85. The number of halogens is 2. The van der Waals surface area contributed by atoms with Gasteiger partial charge < -0.3 is 0 Å². The molecule has 0 atom stereocenters. The van der Waals surface area contributed by atoms with Crippen molar-refractivity contribution in [2.45, 2.75) is 25.9 Å². The molecule has 0 saturated carbocycles. The molecule has 0 spiro atoms. The molecule has 4 heteroatoms. The first-order chi connectivity index (χ1) is 3.72. The van der Waals surface area contributed by atoms with Gasteiger partial charge in [-0.15, -0.1) is 0 Å². The zero-order valence-electron chi connectivity index (χ0n) is 5.17. The molecular formula is C4H10Cl2SiZr. The molecule has 0 heterocycles. The van der Waals surface area contributed by atoms with Crippen molar-refractivity contribution >= 4 is 22.5 Å². The van der Waals surface area contributed by atoms with E-state index in [1.54, 1.807) is 0 Å². The predicted molar refractivity (Wildman–Crippen MR) is 38.4 cm³/mol. The van der Waals surface area contributed by atoms with Gasteiger partial charge in [0, 0.05) is 0 Å². The fraction of sp³-hybridized carbons (Fsp3) is 1.00. The summed E-state index contributed by atoms with van der Waals surface area (Å²) in [6, 6.07) is 2.53. The van der Waals surface area contributed by atoms with Crippen LogP contribution in [0.4, 0.5) is 0 Å². The average Bonchev–Trinajstić information content (AvgIpc) is 1.69. The first kappa shape index (κ1) is 9.68. The normalized spacial score (nSPS) is 9.00. The summed E-state index contributed by atoms with van der Waals surface area (Å²) < 4.78 is 0. The van der Waals surface area contributed by atoms with Crippen molar-refractivity contribution in [3.8, 4) is 0 Å². The molecule has 0 aromatic rings. The molecule has 0 aromatic heterocycles. The van der Waals surface area contributed by atoms with E-state index in [-0.39, 0.29) is 5.43 Å². The molecule has 0 amide bonds. The molecule has 0 saturated heterocycles. The van der Waals surface area contributed by atoms with E-state index in [4.69, 9.17) is 17.0 Å². The molecular weight excluding hydrogens is 238 g/mol. The summed E-state index contributed by atoms with van der Waals surface area (Å²) in [4.78, 5) is 0. The van der Waals surface area contributed by atoms with E-state index < -0.39 is 18.0 Å². The second kappa shape index (κ2) is 5.46. The summed E-state index contributed by atoms with van der Waals surface area (Å²) in [6.45, 7) is 4.40. The Kier molecular flexibility index (Phi) is 6.61. The molecule has 8 heavy (non-hydrogen) atoms. The Morgan fingerprint density at radius 2 is 1.62 bits per heavy atom. The van der Waals surface area contributed by atoms with Crippen LogP contribution in [0.2, 0.25) is 12.1 Å². The first-order valence-corrected chi connectivity index (χ1v) is 14.7. The van der Waals surface area contributed by atoms with Gasteiger partial charge in [0.1, 0.15) is 0 Å². The van der Waals surface area contributed by atoms with Gasteiger partial charge in [0.25, 0.3) is 0 Å². The molecule has 0 unspecified atom stereocenters. The Morgan fingerprint density at radius 1 is 1.25 bits per heavy atom. The molecule has 0 aromatic carbocycles. The van der Waals surface area contributed by atoms with Crippen LogP contribution < -0.4 is 0 Å². The van der Waals surface area contributed by atoms with Gasteiger partial charge in [0.2, 0.25) is 0 Å².